The van der Waals surface area contributed by atoms with Gasteiger partial charge in [-0.2, -0.15) is 0 Å². The van der Waals surface area contributed by atoms with Gasteiger partial charge in [-0.3, -0.25) is 19.3 Å². The average molecular weight is 610 g/mol. The van der Waals surface area contributed by atoms with Crippen LogP contribution in [0.2, 0.25) is 0 Å². The Morgan fingerprint density at radius 2 is 1.77 bits per heavy atom. The van der Waals surface area contributed by atoms with Gasteiger partial charge in [0.25, 0.3) is 0 Å². The molecule has 3 amide bonds. The van der Waals surface area contributed by atoms with E-state index in [4.69, 9.17) is 9.47 Å². The molecular formula is C33H43N3O8. The van der Waals surface area contributed by atoms with Crippen molar-refractivity contribution < 1.29 is 38.6 Å². The number of esters is 1. The van der Waals surface area contributed by atoms with Crippen LogP contribution in [0.1, 0.15) is 83.3 Å². The summed E-state index contributed by atoms with van der Waals surface area (Å²) in [6.45, 7) is 6.07. The molecule has 11 heteroatoms. The summed E-state index contributed by atoms with van der Waals surface area (Å²) < 4.78 is 11.4. The molecule has 0 bridgehead atoms. The Balaban J connectivity index is 1.37. The number of carboxylic acids is 1. The lowest BCUT2D eigenvalue weighted by atomic mass is 9.95. The number of fused-ring (bicyclic) bond motifs is 3. The predicted octanol–water partition coefficient (Wildman–Crippen LogP) is 3.94. The number of carbonyl (C=O) groups excluding carboxylic acids is 4. The number of carboxylic acid groups (broad SMARTS) is 1. The zero-order valence-electron chi connectivity index (χ0n) is 25.8. The molecule has 1 aliphatic carbocycles. The number of aliphatic carboxylic acids is 1. The summed E-state index contributed by atoms with van der Waals surface area (Å²) in [5, 5.41) is 12.8. The maximum Gasteiger partial charge on any atom is 0.410 e. The van der Waals surface area contributed by atoms with Crippen molar-refractivity contribution in [2.24, 2.45) is 11.8 Å². The second-order valence-corrected chi connectivity index (χ2v) is 13.5. The molecule has 11 nitrogen and oxygen atoms in total. The van der Waals surface area contributed by atoms with Gasteiger partial charge in [0.1, 0.15) is 23.3 Å². The van der Waals surface area contributed by atoms with Gasteiger partial charge in [0, 0.05) is 31.3 Å². The van der Waals surface area contributed by atoms with E-state index >= 15 is 0 Å². The molecule has 3 heterocycles. The van der Waals surface area contributed by atoms with E-state index in [9.17, 15) is 29.1 Å². The highest BCUT2D eigenvalue weighted by Gasteiger charge is 2.61. The van der Waals surface area contributed by atoms with Crippen LogP contribution in [0.25, 0.3) is 0 Å². The molecule has 3 aliphatic heterocycles. The largest absolute Gasteiger partial charge is 0.479 e. The zero-order chi connectivity index (χ0) is 31.6. The van der Waals surface area contributed by atoms with Crippen molar-refractivity contribution in [2.45, 2.75) is 109 Å². The smallest absolute Gasteiger partial charge is 0.410 e. The molecule has 2 fully saturated rings. The molecule has 0 unspecified atom stereocenters. The summed E-state index contributed by atoms with van der Waals surface area (Å²) in [6.07, 6.45) is 6.23. The first kappa shape index (κ1) is 31.5. The average Bonchev–Trinajstić information content (AvgIpc) is 3.27. The van der Waals surface area contributed by atoms with Crippen molar-refractivity contribution in [1.82, 2.24) is 15.1 Å². The molecule has 1 saturated heterocycles. The third-order valence-corrected chi connectivity index (χ3v) is 8.93. The van der Waals surface area contributed by atoms with Crippen LogP contribution in [0.15, 0.2) is 36.4 Å². The zero-order valence-corrected chi connectivity index (χ0v) is 25.8. The summed E-state index contributed by atoms with van der Waals surface area (Å²) in [5.74, 6) is -3.70. The number of nitrogens with zero attached hydrogens (tertiary/aromatic N) is 2. The van der Waals surface area contributed by atoms with Crippen LogP contribution in [0.5, 0.6) is 0 Å². The van der Waals surface area contributed by atoms with E-state index in [0.29, 0.717) is 25.9 Å². The van der Waals surface area contributed by atoms with Crippen LogP contribution < -0.4 is 5.32 Å². The fraction of sp³-hybridized carbons (Fsp3) is 0.606. The number of benzene rings is 1. The van der Waals surface area contributed by atoms with Crippen LogP contribution in [0.4, 0.5) is 4.79 Å². The Kier molecular flexibility index (Phi) is 9.04. The second kappa shape index (κ2) is 12.6. The van der Waals surface area contributed by atoms with Crippen molar-refractivity contribution in [1.29, 1.82) is 0 Å². The van der Waals surface area contributed by atoms with Gasteiger partial charge < -0.3 is 24.8 Å². The lowest BCUT2D eigenvalue weighted by molar-refractivity contribution is -0.159. The van der Waals surface area contributed by atoms with Crippen LogP contribution in [0.3, 0.4) is 0 Å². The molecule has 0 spiro atoms. The van der Waals surface area contributed by atoms with E-state index in [2.05, 4.69) is 5.32 Å². The van der Waals surface area contributed by atoms with E-state index in [1.165, 1.54) is 4.90 Å². The maximum atomic E-state index is 14.1. The number of rotatable bonds is 4. The van der Waals surface area contributed by atoms with Gasteiger partial charge >= 0.3 is 18.0 Å². The molecule has 0 aromatic heterocycles. The van der Waals surface area contributed by atoms with E-state index < -0.39 is 59.0 Å². The van der Waals surface area contributed by atoms with Gasteiger partial charge in [0.15, 0.2) is 0 Å². The monoisotopic (exact) mass is 609 g/mol. The Bertz CT molecular complexity index is 1310. The van der Waals surface area contributed by atoms with Crippen LogP contribution in [-0.4, -0.2) is 74.6 Å². The van der Waals surface area contributed by atoms with Crippen LogP contribution >= 0.6 is 0 Å². The lowest BCUT2D eigenvalue weighted by Gasteiger charge is -2.29. The Labute approximate surface area is 257 Å². The summed E-state index contributed by atoms with van der Waals surface area (Å²) >= 11 is 0. The number of amides is 3. The first-order valence-electron chi connectivity index (χ1n) is 15.6. The molecule has 5 rings (SSSR count). The number of nitrogens with one attached hydrogen (secondary N) is 1. The number of hydrogen-bond donors (Lipinski definition) is 2. The van der Waals surface area contributed by atoms with E-state index in [-0.39, 0.29) is 31.7 Å². The number of ether oxygens (including phenoxy) is 2. The van der Waals surface area contributed by atoms with Gasteiger partial charge in [0.05, 0.1) is 13.0 Å². The predicted molar refractivity (Wildman–Crippen MR) is 159 cm³/mol. The highest BCUT2D eigenvalue weighted by molar-refractivity contribution is 5.95. The van der Waals surface area contributed by atoms with Crippen LogP contribution in [0, 0.1) is 11.8 Å². The van der Waals surface area contributed by atoms with Crippen molar-refractivity contribution in [3.05, 3.63) is 47.5 Å². The molecular weight excluding hydrogens is 566 g/mol. The van der Waals surface area contributed by atoms with Gasteiger partial charge in [-0.1, -0.05) is 49.3 Å². The third kappa shape index (κ3) is 7.08. The van der Waals surface area contributed by atoms with E-state index in [0.717, 1.165) is 30.4 Å². The minimum Gasteiger partial charge on any atom is -0.479 e. The van der Waals surface area contributed by atoms with Crippen molar-refractivity contribution >= 4 is 29.8 Å². The molecule has 5 atom stereocenters. The maximum absolute atomic E-state index is 14.1. The highest BCUT2D eigenvalue weighted by Crippen LogP contribution is 2.45. The minimum atomic E-state index is -1.44. The summed E-state index contributed by atoms with van der Waals surface area (Å²) in [6, 6.07) is 6.70. The fourth-order valence-electron chi connectivity index (χ4n) is 6.54. The topological polar surface area (TPSA) is 143 Å². The van der Waals surface area contributed by atoms with E-state index in [1.54, 1.807) is 25.7 Å². The molecule has 238 valence electrons. The normalized spacial score (nSPS) is 29.7. The first-order chi connectivity index (χ1) is 20.9. The second-order valence-electron chi connectivity index (χ2n) is 13.5. The van der Waals surface area contributed by atoms with E-state index in [1.807, 2.05) is 36.4 Å². The Morgan fingerprint density at radius 1 is 1.07 bits per heavy atom. The molecule has 1 aromatic carbocycles. The Morgan fingerprint density at radius 3 is 2.43 bits per heavy atom. The standard InChI is InChI=1S/C33H43N3O8/c1-32(2,3)44-27(37)15-21-11-7-5-4-6-8-14-24-17-33(24,30(40)41)34-28(38)26-16-25(20-36(26)29(21)39)43-31(42)35-18-22-12-9-10-13-23(22)19-35/h8-10,12-14,21,24-26H,4-7,11,15-20H2,1-3H3,(H,34,38)(H,40,41)/b14-8-/t21-,24-,25-,26+,33-/m1/s1. The van der Waals surface area contributed by atoms with Crippen molar-refractivity contribution in [3.8, 4) is 0 Å². The van der Waals surface area contributed by atoms with Gasteiger partial charge in [-0.05, 0) is 57.6 Å². The van der Waals surface area contributed by atoms with Gasteiger partial charge in [0.2, 0.25) is 11.8 Å². The molecule has 2 N–H and O–H groups in total. The number of allylic oxidation sites excluding steroid dienone is 1. The van der Waals surface area contributed by atoms with Crippen LogP contribution in [-0.2, 0) is 41.7 Å². The Hall–Kier alpha value is -3.89. The quantitative estimate of drug-likeness (QED) is 0.386. The minimum absolute atomic E-state index is 0.0272. The molecule has 1 saturated carbocycles. The molecule has 1 aromatic rings. The number of carbonyl (C=O) groups is 5. The molecule has 0 radical (unpaired) electrons. The first-order valence-corrected chi connectivity index (χ1v) is 15.6. The van der Waals surface area contributed by atoms with Gasteiger partial charge in [-0.25, -0.2) is 9.59 Å². The van der Waals surface area contributed by atoms with Crippen molar-refractivity contribution in [2.75, 3.05) is 6.54 Å². The third-order valence-electron chi connectivity index (χ3n) is 8.93. The highest BCUT2D eigenvalue weighted by atomic mass is 16.6. The van der Waals surface area contributed by atoms with Crippen molar-refractivity contribution in [3.63, 3.8) is 0 Å². The number of hydrogen-bond acceptors (Lipinski definition) is 7. The fourth-order valence-corrected chi connectivity index (χ4v) is 6.54. The molecule has 4 aliphatic rings. The summed E-state index contributed by atoms with van der Waals surface area (Å²) in [5.41, 5.74) is -0.0812. The summed E-state index contributed by atoms with van der Waals surface area (Å²) in [4.78, 5) is 69.1. The lowest BCUT2D eigenvalue weighted by Crippen LogP contribution is -2.53. The SMILES string of the molecule is CC(C)(C)OC(=O)C[C@H]1CCCCC/C=C\[C@@H]2C[C@@]2(C(=O)O)NC(=O)[C@@H]2C[C@@H](OC(=O)N3Cc4ccccc4C3)CN2C1=O. The van der Waals surface area contributed by atoms with Gasteiger partial charge in [-0.15, -0.1) is 0 Å². The summed E-state index contributed by atoms with van der Waals surface area (Å²) in [7, 11) is 0. The molecule has 44 heavy (non-hydrogen) atoms.